The third kappa shape index (κ3) is 6.00. The fraction of sp³-hybridized carbons (Fsp3) is 0.353. The summed E-state index contributed by atoms with van der Waals surface area (Å²) in [5, 5.41) is 4.95. The number of amides is 1. The van der Waals surface area contributed by atoms with Crippen LogP contribution in [-0.4, -0.2) is 19.1 Å². The molecule has 0 saturated carbocycles. The van der Waals surface area contributed by atoms with Crippen molar-refractivity contribution in [3.05, 3.63) is 52.2 Å². The van der Waals surface area contributed by atoms with Crippen molar-refractivity contribution in [3.63, 3.8) is 0 Å². The lowest BCUT2D eigenvalue weighted by molar-refractivity contribution is -0.121. The summed E-state index contributed by atoms with van der Waals surface area (Å²) in [6, 6.07) is 12.1. The van der Waals surface area contributed by atoms with Crippen molar-refractivity contribution in [3.8, 4) is 5.75 Å². The molecule has 1 N–H and O–H groups in total. The van der Waals surface area contributed by atoms with E-state index in [2.05, 4.69) is 16.8 Å². The van der Waals surface area contributed by atoms with Crippen molar-refractivity contribution in [2.45, 2.75) is 26.2 Å². The molecule has 1 amide bonds. The van der Waals surface area contributed by atoms with Crippen LogP contribution in [0.4, 0.5) is 0 Å². The van der Waals surface area contributed by atoms with Crippen LogP contribution in [-0.2, 0) is 11.2 Å². The van der Waals surface area contributed by atoms with Gasteiger partial charge in [0.15, 0.2) is 0 Å². The molecule has 21 heavy (non-hydrogen) atoms. The highest BCUT2D eigenvalue weighted by atomic mass is 32.1. The second-order valence-corrected chi connectivity index (χ2v) is 5.98. The molecule has 3 nitrogen and oxygen atoms in total. The first kappa shape index (κ1) is 15.6. The van der Waals surface area contributed by atoms with Gasteiger partial charge in [-0.05, 0) is 48.9 Å². The van der Waals surface area contributed by atoms with E-state index in [1.54, 1.807) is 11.3 Å². The molecule has 1 aromatic heterocycles. The lowest BCUT2D eigenvalue weighted by Gasteiger charge is -2.08. The first-order chi connectivity index (χ1) is 10.2. The highest BCUT2D eigenvalue weighted by Gasteiger charge is 2.02. The Morgan fingerprint density at radius 3 is 2.95 bits per heavy atom. The van der Waals surface area contributed by atoms with Crippen LogP contribution in [0.15, 0.2) is 41.8 Å². The number of thiophene rings is 1. The molecule has 2 rings (SSSR count). The van der Waals surface area contributed by atoms with Crippen molar-refractivity contribution < 1.29 is 9.53 Å². The Bertz CT molecular complexity index is 552. The van der Waals surface area contributed by atoms with Crippen LogP contribution >= 0.6 is 11.3 Å². The second kappa shape index (κ2) is 8.47. The standard InChI is InChI=1S/C17H21NO2S/c1-14-5-2-6-15(13-14)20-11-10-18-17(19)9-3-7-16-8-4-12-21-16/h2,4-6,8,12-13H,3,7,9-11H2,1H3,(H,18,19). The van der Waals surface area contributed by atoms with Crippen molar-refractivity contribution in [2.75, 3.05) is 13.2 Å². The van der Waals surface area contributed by atoms with Crippen LogP contribution < -0.4 is 10.1 Å². The molecular weight excluding hydrogens is 282 g/mol. The number of carbonyl (C=O) groups excluding carboxylic acids is 1. The Morgan fingerprint density at radius 1 is 1.29 bits per heavy atom. The van der Waals surface area contributed by atoms with E-state index in [0.717, 1.165) is 18.6 Å². The molecule has 0 fully saturated rings. The van der Waals surface area contributed by atoms with Crippen molar-refractivity contribution in [1.29, 1.82) is 0 Å². The average Bonchev–Trinajstić information content (AvgIpc) is 2.97. The highest BCUT2D eigenvalue weighted by Crippen LogP contribution is 2.12. The second-order valence-electron chi connectivity index (χ2n) is 4.95. The summed E-state index contributed by atoms with van der Waals surface area (Å²) in [7, 11) is 0. The van der Waals surface area contributed by atoms with Crippen molar-refractivity contribution in [1.82, 2.24) is 5.32 Å². The molecular formula is C17H21NO2S. The molecule has 0 radical (unpaired) electrons. The van der Waals surface area contributed by atoms with E-state index in [9.17, 15) is 4.79 Å². The van der Waals surface area contributed by atoms with Crippen molar-refractivity contribution in [2.24, 2.45) is 0 Å². The van der Waals surface area contributed by atoms with Gasteiger partial charge in [0.05, 0.1) is 6.54 Å². The predicted octanol–water partition coefficient (Wildman–Crippen LogP) is 3.57. The number of nitrogens with one attached hydrogen (secondary N) is 1. The summed E-state index contributed by atoms with van der Waals surface area (Å²) >= 11 is 1.74. The molecule has 4 heteroatoms. The van der Waals surface area contributed by atoms with Gasteiger partial charge in [0.1, 0.15) is 12.4 Å². The molecule has 1 heterocycles. The van der Waals surface area contributed by atoms with Crippen LogP contribution in [0, 0.1) is 6.92 Å². The summed E-state index contributed by atoms with van der Waals surface area (Å²) < 4.78 is 5.59. The van der Waals surface area contributed by atoms with E-state index in [0.29, 0.717) is 19.6 Å². The van der Waals surface area contributed by atoms with E-state index in [-0.39, 0.29) is 5.91 Å². The van der Waals surface area contributed by atoms with E-state index >= 15 is 0 Å². The molecule has 0 saturated heterocycles. The number of carbonyl (C=O) groups is 1. The van der Waals surface area contributed by atoms with Gasteiger partial charge in [-0.1, -0.05) is 18.2 Å². The van der Waals surface area contributed by atoms with E-state index in [4.69, 9.17) is 4.74 Å². The highest BCUT2D eigenvalue weighted by molar-refractivity contribution is 7.09. The lowest BCUT2D eigenvalue weighted by Crippen LogP contribution is -2.27. The van der Waals surface area contributed by atoms with Gasteiger partial charge in [0.25, 0.3) is 0 Å². The largest absolute Gasteiger partial charge is 0.492 e. The number of aryl methyl sites for hydroxylation is 2. The predicted molar refractivity (Wildman–Crippen MR) is 86.9 cm³/mol. The van der Waals surface area contributed by atoms with Gasteiger partial charge < -0.3 is 10.1 Å². The van der Waals surface area contributed by atoms with E-state index < -0.39 is 0 Å². The Labute approximate surface area is 130 Å². The number of ether oxygens (including phenoxy) is 1. The summed E-state index contributed by atoms with van der Waals surface area (Å²) in [5.41, 5.74) is 1.17. The minimum absolute atomic E-state index is 0.0967. The molecule has 0 aliphatic heterocycles. The first-order valence-corrected chi connectivity index (χ1v) is 8.10. The van der Waals surface area contributed by atoms with Crippen molar-refractivity contribution >= 4 is 17.2 Å². The van der Waals surface area contributed by atoms with Gasteiger partial charge in [-0.15, -0.1) is 11.3 Å². The summed E-state index contributed by atoms with van der Waals surface area (Å²) in [6.07, 6.45) is 2.44. The molecule has 0 bridgehead atoms. The zero-order chi connectivity index (χ0) is 14.9. The van der Waals surface area contributed by atoms with Crippen LogP contribution in [0.2, 0.25) is 0 Å². The monoisotopic (exact) mass is 303 g/mol. The normalized spacial score (nSPS) is 10.3. The summed E-state index contributed by atoms with van der Waals surface area (Å²) in [4.78, 5) is 13.0. The molecule has 1 aromatic carbocycles. The maximum atomic E-state index is 11.7. The van der Waals surface area contributed by atoms with Crippen LogP contribution in [0.25, 0.3) is 0 Å². The number of rotatable bonds is 8. The zero-order valence-corrected chi connectivity index (χ0v) is 13.1. The lowest BCUT2D eigenvalue weighted by atomic mass is 10.2. The Morgan fingerprint density at radius 2 is 2.19 bits per heavy atom. The molecule has 0 aliphatic carbocycles. The van der Waals surface area contributed by atoms with Crippen LogP contribution in [0.3, 0.4) is 0 Å². The quantitative estimate of drug-likeness (QED) is 0.757. The number of hydrogen-bond donors (Lipinski definition) is 1. The van der Waals surface area contributed by atoms with E-state index in [1.165, 1.54) is 10.4 Å². The third-order valence-electron chi connectivity index (χ3n) is 3.09. The molecule has 112 valence electrons. The summed E-state index contributed by atoms with van der Waals surface area (Å²) in [6.45, 7) is 3.08. The topological polar surface area (TPSA) is 38.3 Å². The van der Waals surface area contributed by atoms with Gasteiger partial charge in [-0.2, -0.15) is 0 Å². The Hall–Kier alpha value is -1.81. The van der Waals surface area contributed by atoms with Gasteiger partial charge in [-0.25, -0.2) is 0 Å². The molecule has 0 atom stereocenters. The maximum absolute atomic E-state index is 11.7. The Balaban J connectivity index is 1.55. The minimum atomic E-state index is 0.0967. The van der Waals surface area contributed by atoms with Crippen LogP contribution in [0.5, 0.6) is 5.75 Å². The Kier molecular flexibility index (Phi) is 6.28. The number of hydrogen-bond acceptors (Lipinski definition) is 3. The molecule has 2 aromatic rings. The third-order valence-corrected chi connectivity index (χ3v) is 4.03. The van der Waals surface area contributed by atoms with Gasteiger partial charge in [0, 0.05) is 11.3 Å². The van der Waals surface area contributed by atoms with Gasteiger partial charge in [-0.3, -0.25) is 4.79 Å². The number of benzene rings is 1. The molecule has 0 spiro atoms. The molecule has 0 unspecified atom stereocenters. The summed E-state index contributed by atoms with van der Waals surface area (Å²) in [5.74, 6) is 0.946. The first-order valence-electron chi connectivity index (χ1n) is 7.22. The zero-order valence-electron chi connectivity index (χ0n) is 12.3. The smallest absolute Gasteiger partial charge is 0.220 e. The van der Waals surface area contributed by atoms with Gasteiger partial charge in [0.2, 0.25) is 5.91 Å². The SMILES string of the molecule is Cc1cccc(OCCNC(=O)CCCc2cccs2)c1. The fourth-order valence-electron chi connectivity index (χ4n) is 2.03. The van der Waals surface area contributed by atoms with E-state index in [1.807, 2.05) is 37.3 Å². The molecule has 0 aliphatic rings. The minimum Gasteiger partial charge on any atom is -0.492 e. The maximum Gasteiger partial charge on any atom is 0.220 e. The average molecular weight is 303 g/mol. The van der Waals surface area contributed by atoms with Gasteiger partial charge >= 0.3 is 0 Å². The fourth-order valence-corrected chi connectivity index (χ4v) is 2.78. The van der Waals surface area contributed by atoms with Crippen LogP contribution in [0.1, 0.15) is 23.3 Å².